The molecule has 1 aromatic rings. The number of rotatable bonds is 6. The average molecular weight is 234 g/mol. The van der Waals surface area contributed by atoms with Crippen molar-refractivity contribution < 1.29 is 0 Å². The molecule has 1 fully saturated rings. The third-order valence-electron chi connectivity index (χ3n) is 3.25. The molecule has 1 heterocycles. The second kappa shape index (κ2) is 5.34. The average Bonchev–Trinajstić information content (AvgIpc) is 3.07. The summed E-state index contributed by atoms with van der Waals surface area (Å²) in [5, 5.41) is 3.48. The van der Waals surface area contributed by atoms with Crippen LogP contribution in [0.4, 0.5) is 11.6 Å². The standard InChI is InChI=1S/C13H22N4/c1-3-4-11-12(14)15-8-16-13(11)17-9(2)7-10-5-6-10/h8-10H,3-7H2,1-2H3,(H3,14,15,16,17). The Hall–Kier alpha value is -1.32. The summed E-state index contributed by atoms with van der Waals surface area (Å²) in [5.74, 6) is 2.46. The molecule has 2 rings (SSSR count). The quantitative estimate of drug-likeness (QED) is 0.794. The van der Waals surface area contributed by atoms with Gasteiger partial charge in [-0.2, -0.15) is 0 Å². The molecule has 0 radical (unpaired) electrons. The molecule has 3 N–H and O–H groups in total. The number of hydrogen-bond acceptors (Lipinski definition) is 4. The first kappa shape index (κ1) is 12.1. The van der Waals surface area contributed by atoms with Crippen LogP contribution < -0.4 is 11.1 Å². The first-order valence-electron chi connectivity index (χ1n) is 6.56. The molecule has 4 nitrogen and oxygen atoms in total. The Morgan fingerprint density at radius 1 is 1.47 bits per heavy atom. The van der Waals surface area contributed by atoms with Crippen LogP contribution in [0.1, 0.15) is 45.1 Å². The number of nitrogens with zero attached hydrogens (tertiary/aromatic N) is 2. The molecule has 1 unspecified atom stereocenters. The van der Waals surface area contributed by atoms with E-state index in [4.69, 9.17) is 5.73 Å². The zero-order chi connectivity index (χ0) is 12.3. The lowest BCUT2D eigenvalue weighted by Crippen LogP contribution is -2.18. The van der Waals surface area contributed by atoms with Crippen molar-refractivity contribution in [3.63, 3.8) is 0 Å². The molecule has 0 saturated heterocycles. The SMILES string of the molecule is CCCc1c(N)ncnc1NC(C)CC1CC1. The zero-order valence-corrected chi connectivity index (χ0v) is 10.7. The lowest BCUT2D eigenvalue weighted by molar-refractivity contribution is 0.638. The van der Waals surface area contributed by atoms with Gasteiger partial charge in [-0.15, -0.1) is 0 Å². The molecule has 1 aliphatic carbocycles. The molecular weight excluding hydrogens is 212 g/mol. The summed E-state index contributed by atoms with van der Waals surface area (Å²) in [6, 6.07) is 0.465. The van der Waals surface area contributed by atoms with Gasteiger partial charge < -0.3 is 11.1 Å². The van der Waals surface area contributed by atoms with Crippen LogP contribution in [0.3, 0.4) is 0 Å². The van der Waals surface area contributed by atoms with E-state index in [2.05, 4.69) is 29.1 Å². The van der Waals surface area contributed by atoms with Gasteiger partial charge in [0.2, 0.25) is 0 Å². The molecule has 1 aromatic heterocycles. The smallest absolute Gasteiger partial charge is 0.134 e. The van der Waals surface area contributed by atoms with Crippen LogP contribution in [0.5, 0.6) is 0 Å². The van der Waals surface area contributed by atoms with Gasteiger partial charge in [0.1, 0.15) is 18.0 Å². The van der Waals surface area contributed by atoms with Crippen LogP contribution >= 0.6 is 0 Å². The summed E-state index contributed by atoms with van der Waals surface area (Å²) in [6.07, 6.45) is 7.55. The molecule has 94 valence electrons. The molecular formula is C13H22N4. The van der Waals surface area contributed by atoms with E-state index in [0.717, 1.165) is 30.1 Å². The zero-order valence-electron chi connectivity index (χ0n) is 10.7. The summed E-state index contributed by atoms with van der Waals surface area (Å²) >= 11 is 0. The van der Waals surface area contributed by atoms with Crippen molar-refractivity contribution in [3.8, 4) is 0 Å². The Bertz CT molecular complexity index is 374. The van der Waals surface area contributed by atoms with Crippen molar-refractivity contribution >= 4 is 11.6 Å². The summed E-state index contributed by atoms with van der Waals surface area (Å²) in [6.45, 7) is 4.36. The van der Waals surface area contributed by atoms with Gasteiger partial charge in [-0.1, -0.05) is 26.2 Å². The number of nitrogens with two attached hydrogens (primary N) is 1. The Labute approximate surface area is 103 Å². The highest BCUT2D eigenvalue weighted by molar-refractivity contribution is 5.55. The van der Waals surface area contributed by atoms with Gasteiger partial charge in [-0.05, 0) is 25.7 Å². The number of nitrogens with one attached hydrogen (secondary N) is 1. The molecule has 1 saturated carbocycles. The lowest BCUT2D eigenvalue weighted by Gasteiger charge is -2.17. The highest BCUT2D eigenvalue weighted by Crippen LogP contribution is 2.34. The van der Waals surface area contributed by atoms with E-state index in [1.54, 1.807) is 6.33 Å². The van der Waals surface area contributed by atoms with Crippen LogP contribution in [0.15, 0.2) is 6.33 Å². The van der Waals surface area contributed by atoms with Crippen molar-refractivity contribution in [3.05, 3.63) is 11.9 Å². The highest BCUT2D eigenvalue weighted by Gasteiger charge is 2.24. The first-order chi connectivity index (χ1) is 8.20. The summed E-state index contributed by atoms with van der Waals surface area (Å²) in [7, 11) is 0. The lowest BCUT2D eigenvalue weighted by atomic mass is 10.1. The number of hydrogen-bond donors (Lipinski definition) is 2. The van der Waals surface area contributed by atoms with Gasteiger partial charge in [0.05, 0.1) is 0 Å². The first-order valence-corrected chi connectivity index (χ1v) is 6.56. The van der Waals surface area contributed by atoms with Crippen molar-refractivity contribution in [1.82, 2.24) is 9.97 Å². The van der Waals surface area contributed by atoms with Gasteiger partial charge in [-0.3, -0.25) is 0 Å². The predicted octanol–water partition coefficient (Wildman–Crippen LogP) is 2.61. The molecule has 17 heavy (non-hydrogen) atoms. The summed E-state index contributed by atoms with van der Waals surface area (Å²) in [4.78, 5) is 8.39. The van der Waals surface area contributed by atoms with E-state index < -0.39 is 0 Å². The van der Waals surface area contributed by atoms with E-state index in [1.165, 1.54) is 19.3 Å². The van der Waals surface area contributed by atoms with Crippen LogP contribution in [0, 0.1) is 5.92 Å². The maximum atomic E-state index is 5.91. The highest BCUT2D eigenvalue weighted by atomic mass is 15.1. The molecule has 0 amide bonds. The largest absolute Gasteiger partial charge is 0.383 e. The van der Waals surface area contributed by atoms with Crippen LogP contribution in [0.25, 0.3) is 0 Å². The Balaban J connectivity index is 2.04. The molecule has 0 aromatic carbocycles. The fourth-order valence-electron chi connectivity index (χ4n) is 2.19. The molecule has 1 atom stereocenters. The molecule has 1 aliphatic rings. The normalized spacial score (nSPS) is 16.8. The third-order valence-corrected chi connectivity index (χ3v) is 3.25. The second-order valence-electron chi connectivity index (χ2n) is 5.06. The van der Waals surface area contributed by atoms with E-state index in [1.807, 2.05) is 0 Å². The fourth-order valence-corrected chi connectivity index (χ4v) is 2.19. The van der Waals surface area contributed by atoms with Gasteiger partial charge in [0.15, 0.2) is 0 Å². The second-order valence-corrected chi connectivity index (χ2v) is 5.06. The number of anilines is 2. The minimum atomic E-state index is 0.465. The maximum absolute atomic E-state index is 5.91. The van der Waals surface area contributed by atoms with Crippen molar-refractivity contribution in [2.75, 3.05) is 11.1 Å². The monoisotopic (exact) mass is 234 g/mol. The maximum Gasteiger partial charge on any atom is 0.134 e. The van der Waals surface area contributed by atoms with Crippen molar-refractivity contribution in [1.29, 1.82) is 0 Å². The van der Waals surface area contributed by atoms with Crippen molar-refractivity contribution in [2.24, 2.45) is 5.92 Å². The van der Waals surface area contributed by atoms with Gasteiger partial charge >= 0.3 is 0 Å². The van der Waals surface area contributed by atoms with Crippen LogP contribution in [-0.4, -0.2) is 16.0 Å². The predicted molar refractivity (Wildman–Crippen MR) is 70.9 cm³/mol. The fraction of sp³-hybridized carbons (Fsp3) is 0.692. The summed E-state index contributed by atoms with van der Waals surface area (Å²) < 4.78 is 0. The Morgan fingerprint density at radius 3 is 2.88 bits per heavy atom. The van der Waals surface area contributed by atoms with E-state index in [-0.39, 0.29) is 0 Å². The molecule has 4 heteroatoms. The summed E-state index contributed by atoms with van der Waals surface area (Å²) in [5.41, 5.74) is 6.97. The Morgan fingerprint density at radius 2 is 2.24 bits per heavy atom. The number of aromatic nitrogens is 2. The van der Waals surface area contributed by atoms with Gasteiger partial charge in [0.25, 0.3) is 0 Å². The van der Waals surface area contributed by atoms with Crippen LogP contribution in [0.2, 0.25) is 0 Å². The van der Waals surface area contributed by atoms with Gasteiger partial charge in [-0.25, -0.2) is 9.97 Å². The molecule has 0 aliphatic heterocycles. The van der Waals surface area contributed by atoms with E-state index >= 15 is 0 Å². The van der Waals surface area contributed by atoms with Crippen LogP contribution in [-0.2, 0) is 6.42 Å². The Kier molecular flexibility index (Phi) is 3.82. The number of nitrogen functional groups attached to an aromatic ring is 1. The molecule has 0 spiro atoms. The minimum absolute atomic E-state index is 0.465. The van der Waals surface area contributed by atoms with Gasteiger partial charge in [0, 0.05) is 11.6 Å². The van der Waals surface area contributed by atoms with E-state index in [0.29, 0.717) is 11.9 Å². The molecule has 0 bridgehead atoms. The van der Waals surface area contributed by atoms with E-state index in [9.17, 15) is 0 Å². The third kappa shape index (κ3) is 3.32. The van der Waals surface area contributed by atoms with Crippen molar-refractivity contribution in [2.45, 2.75) is 52.0 Å². The minimum Gasteiger partial charge on any atom is -0.383 e. The topological polar surface area (TPSA) is 63.8 Å².